The number of likely N-dealkylation sites (N-methyl/N-ethyl adjacent to an activating group) is 1. The smallest absolute Gasteiger partial charge is 0.160 e. The van der Waals surface area contributed by atoms with E-state index in [4.69, 9.17) is 0 Å². The van der Waals surface area contributed by atoms with Crippen LogP contribution in [0.5, 0.6) is 0 Å². The maximum absolute atomic E-state index is 11.5. The van der Waals surface area contributed by atoms with Gasteiger partial charge in [-0.15, -0.1) is 0 Å². The number of Topliss-reactive ketones (excluding diaryl/α,β-unsaturated/α-hetero) is 1. The van der Waals surface area contributed by atoms with Gasteiger partial charge in [0.05, 0.1) is 0 Å². The van der Waals surface area contributed by atoms with E-state index in [0.29, 0.717) is 11.7 Å². The maximum Gasteiger partial charge on any atom is 0.160 e. The highest BCUT2D eigenvalue weighted by Crippen LogP contribution is 2.20. The predicted molar refractivity (Wildman–Crippen MR) is 54.7 cm³/mol. The first kappa shape index (κ1) is 10.5. The van der Waals surface area contributed by atoms with Crippen LogP contribution in [-0.4, -0.2) is 30.3 Å². The summed E-state index contributed by atoms with van der Waals surface area (Å²) >= 11 is 0. The third kappa shape index (κ3) is 2.66. The zero-order chi connectivity index (χ0) is 9.84. The van der Waals surface area contributed by atoms with Crippen LogP contribution in [0.2, 0.25) is 0 Å². The Hall–Kier alpha value is -0.630. The molecule has 0 heterocycles. The second-order valence-electron chi connectivity index (χ2n) is 3.76. The van der Waals surface area contributed by atoms with Crippen molar-refractivity contribution in [3.05, 3.63) is 11.6 Å². The Balaban J connectivity index is 2.53. The van der Waals surface area contributed by atoms with Crippen molar-refractivity contribution in [2.45, 2.75) is 27.2 Å². The largest absolute Gasteiger partial charge is 0.300 e. The topological polar surface area (TPSA) is 20.3 Å². The Morgan fingerprint density at radius 2 is 2.08 bits per heavy atom. The van der Waals surface area contributed by atoms with Crippen molar-refractivity contribution in [3.63, 3.8) is 0 Å². The molecule has 74 valence electrons. The highest BCUT2D eigenvalue weighted by Gasteiger charge is 2.21. The van der Waals surface area contributed by atoms with E-state index in [0.717, 1.165) is 31.6 Å². The number of hydrogen-bond donors (Lipinski definition) is 0. The highest BCUT2D eigenvalue weighted by molar-refractivity contribution is 5.98. The summed E-state index contributed by atoms with van der Waals surface area (Å²) in [6.07, 6.45) is 2.84. The lowest BCUT2D eigenvalue weighted by molar-refractivity contribution is -0.115. The number of carbonyl (C=O) groups excluding carboxylic acids is 1. The fourth-order valence-electron chi connectivity index (χ4n) is 1.75. The van der Waals surface area contributed by atoms with Crippen LogP contribution >= 0.6 is 0 Å². The summed E-state index contributed by atoms with van der Waals surface area (Å²) in [6, 6.07) is 0. The van der Waals surface area contributed by atoms with Crippen LogP contribution < -0.4 is 0 Å². The van der Waals surface area contributed by atoms with E-state index in [2.05, 4.69) is 31.7 Å². The molecule has 1 atom stereocenters. The summed E-state index contributed by atoms with van der Waals surface area (Å²) in [6.45, 7) is 9.26. The van der Waals surface area contributed by atoms with E-state index in [-0.39, 0.29) is 0 Å². The van der Waals surface area contributed by atoms with Crippen molar-refractivity contribution in [2.75, 3.05) is 19.6 Å². The molecule has 0 N–H and O–H groups in total. The third-order valence-corrected chi connectivity index (χ3v) is 2.64. The lowest BCUT2D eigenvalue weighted by Crippen LogP contribution is -2.26. The van der Waals surface area contributed by atoms with Crippen molar-refractivity contribution in [1.82, 2.24) is 4.90 Å². The molecule has 0 saturated carbocycles. The van der Waals surface area contributed by atoms with E-state index in [1.54, 1.807) is 0 Å². The molecular weight excluding hydrogens is 162 g/mol. The van der Waals surface area contributed by atoms with E-state index in [9.17, 15) is 4.79 Å². The number of ketones is 1. The SMILES string of the molecule is CCN(CC)CC1=C[C@H](C)CC1=O. The minimum absolute atomic E-state index is 0.347. The van der Waals surface area contributed by atoms with Crippen LogP contribution in [0.1, 0.15) is 27.2 Å². The van der Waals surface area contributed by atoms with Gasteiger partial charge in [-0.2, -0.15) is 0 Å². The molecule has 13 heavy (non-hydrogen) atoms. The minimum Gasteiger partial charge on any atom is -0.300 e. The first-order valence-corrected chi connectivity index (χ1v) is 5.13. The van der Waals surface area contributed by atoms with Gasteiger partial charge in [0.25, 0.3) is 0 Å². The summed E-state index contributed by atoms with van der Waals surface area (Å²) < 4.78 is 0. The van der Waals surface area contributed by atoms with Crippen LogP contribution in [-0.2, 0) is 4.79 Å². The van der Waals surface area contributed by atoms with Crippen molar-refractivity contribution in [3.8, 4) is 0 Å². The molecule has 1 aliphatic rings. The molecule has 2 heteroatoms. The Kier molecular flexibility index (Phi) is 3.67. The fourth-order valence-corrected chi connectivity index (χ4v) is 1.75. The summed E-state index contributed by atoms with van der Waals surface area (Å²) in [5.41, 5.74) is 1.02. The van der Waals surface area contributed by atoms with E-state index < -0.39 is 0 Å². The third-order valence-electron chi connectivity index (χ3n) is 2.64. The van der Waals surface area contributed by atoms with Gasteiger partial charge in [-0.05, 0) is 19.0 Å². The van der Waals surface area contributed by atoms with Gasteiger partial charge in [0, 0.05) is 18.5 Å². The number of nitrogens with zero attached hydrogens (tertiary/aromatic N) is 1. The molecule has 0 radical (unpaired) electrons. The molecule has 0 amide bonds. The monoisotopic (exact) mass is 181 g/mol. The lowest BCUT2D eigenvalue weighted by atomic mass is 10.1. The van der Waals surface area contributed by atoms with Crippen LogP contribution in [0.15, 0.2) is 11.6 Å². The summed E-state index contributed by atoms with van der Waals surface area (Å²) in [4.78, 5) is 13.7. The lowest BCUT2D eigenvalue weighted by Gasteiger charge is -2.17. The number of allylic oxidation sites excluding steroid dienone is 1. The fraction of sp³-hybridized carbons (Fsp3) is 0.727. The number of hydrogen-bond acceptors (Lipinski definition) is 2. The zero-order valence-corrected chi connectivity index (χ0v) is 8.84. The summed E-state index contributed by atoms with van der Waals surface area (Å²) in [5.74, 6) is 0.803. The summed E-state index contributed by atoms with van der Waals surface area (Å²) in [7, 11) is 0. The van der Waals surface area contributed by atoms with Crippen molar-refractivity contribution < 1.29 is 4.79 Å². The van der Waals surface area contributed by atoms with E-state index in [1.165, 1.54) is 0 Å². The molecule has 0 fully saturated rings. The minimum atomic E-state index is 0.347. The van der Waals surface area contributed by atoms with Gasteiger partial charge >= 0.3 is 0 Å². The quantitative estimate of drug-likeness (QED) is 0.660. The Morgan fingerprint density at radius 3 is 2.46 bits per heavy atom. The highest BCUT2D eigenvalue weighted by atomic mass is 16.1. The van der Waals surface area contributed by atoms with Crippen molar-refractivity contribution in [1.29, 1.82) is 0 Å². The molecule has 1 aliphatic carbocycles. The number of carbonyl (C=O) groups is 1. The van der Waals surface area contributed by atoms with Gasteiger partial charge in [-0.3, -0.25) is 9.69 Å². The van der Waals surface area contributed by atoms with Crippen LogP contribution in [0.3, 0.4) is 0 Å². The van der Waals surface area contributed by atoms with Gasteiger partial charge in [0.2, 0.25) is 0 Å². The zero-order valence-electron chi connectivity index (χ0n) is 8.84. The first-order chi connectivity index (χ1) is 6.17. The molecule has 0 aliphatic heterocycles. The molecule has 0 aromatic heterocycles. The molecule has 2 nitrogen and oxygen atoms in total. The average molecular weight is 181 g/mol. The van der Waals surface area contributed by atoms with Gasteiger partial charge in [-0.1, -0.05) is 26.8 Å². The number of rotatable bonds is 4. The molecule has 0 spiro atoms. The molecule has 1 rings (SSSR count). The normalized spacial score (nSPS) is 22.6. The second kappa shape index (κ2) is 4.56. The second-order valence-corrected chi connectivity index (χ2v) is 3.76. The standard InChI is InChI=1S/C11H19NO/c1-4-12(5-2)8-10-6-9(3)7-11(10)13/h6,9H,4-5,7-8H2,1-3H3/t9-/m0/s1. The molecule has 0 unspecified atom stereocenters. The Labute approximate surface area is 80.6 Å². The van der Waals surface area contributed by atoms with Crippen LogP contribution in [0.4, 0.5) is 0 Å². The predicted octanol–water partition coefficient (Wildman–Crippen LogP) is 1.86. The molecule has 0 aromatic rings. The van der Waals surface area contributed by atoms with Crippen molar-refractivity contribution in [2.24, 2.45) is 5.92 Å². The Bertz CT molecular complexity index is 216. The molecule has 0 saturated heterocycles. The molecule has 0 aromatic carbocycles. The first-order valence-electron chi connectivity index (χ1n) is 5.13. The van der Waals surface area contributed by atoms with Crippen LogP contribution in [0.25, 0.3) is 0 Å². The molecular formula is C11H19NO. The summed E-state index contributed by atoms with van der Waals surface area (Å²) in [5, 5.41) is 0. The van der Waals surface area contributed by atoms with Gasteiger partial charge in [-0.25, -0.2) is 0 Å². The van der Waals surface area contributed by atoms with Gasteiger partial charge in [0.15, 0.2) is 5.78 Å². The van der Waals surface area contributed by atoms with Crippen molar-refractivity contribution >= 4 is 5.78 Å². The molecule has 0 bridgehead atoms. The van der Waals surface area contributed by atoms with Gasteiger partial charge < -0.3 is 0 Å². The van der Waals surface area contributed by atoms with Gasteiger partial charge in [0.1, 0.15) is 0 Å². The average Bonchev–Trinajstić information content (AvgIpc) is 2.41. The van der Waals surface area contributed by atoms with E-state index in [1.807, 2.05) is 0 Å². The van der Waals surface area contributed by atoms with E-state index >= 15 is 0 Å². The maximum atomic E-state index is 11.5. The Morgan fingerprint density at radius 1 is 1.46 bits per heavy atom. The van der Waals surface area contributed by atoms with Crippen LogP contribution in [0, 0.1) is 5.92 Å².